The van der Waals surface area contributed by atoms with Crippen LogP contribution >= 0.6 is 11.3 Å². The summed E-state index contributed by atoms with van der Waals surface area (Å²) in [6.45, 7) is 3.35. The van der Waals surface area contributed by atoms with Crippen molar-refractivity contribution in [3.8, 4) is 0 Å². The predicted octanol–water partition coefficient (Wildman–Crippen LogP) is 2.60. The van der Waals surface area contributed by atoms with Crippen LogP contribution in [-0.2, 0) is 14.9 Å². The number of carbonyl (C=O) groups is 1. The van der Waals surface area contributed by atoms with Crippen LogP contribution in [0.25, 0.3) is 0 Å². The third-order valence-corrected chi connectivity index (χ3v) is 4.15. The van der Waals surface area contributed by atoms with Crippen LogP contribution in [0.4, 0.5) is 0 Å². The van der Waals surface area contributed by atoms with E-state index in [0.717, 1.165) is 5.01 Å². The minimum atomic E-state index is -0.934. The van der Waals surface area contributed by atoms with E-state index in [0.29, 0.717) is 11.6 Å². The Morgan fingerprint density at radius 1 is 1.65 bits per heavy atom. The van der Waals surface area contributed by atoms with E-state index in [1.165, 1.54) is 24.2 Å². The molecule has 0 aliphatic heterocycles. The molecule has 1 heterocycles. The van der Waals surface area contributed by atoms with Crippen molar-refractivity contribution in [2.24, 2.45) is 5.92 Å². The van der Waals surface area contributed by atoms with E-state index in [9.17, 15) is 4.79 Å². The lowest BCUT2D eigenvalue weighted by molar-refractivity contribution is -0.142. The quantitative estimate of drug-likeness (QED) is 0.878. The Morgan fingerprint density at radius 2 is 2.29 bits per heavy atom. The SMILES string of the molecule is COC(c1nc(C(C)(C)C(=O)O)cs1)C1CC1. The zero-order chi connectivity index (χ0) is 12.6. The maximum Gasteiger partial charge on any atom is 0.315 e. The monoisotopic (exact) mass is 255 g/mol. The van der Waals surface area contributed by atoms with Crippen LogP contribution in [0.1, 0.15) is 43.5 Å². The molecule has 0 bridgehead atoms. The molecule has 2 rings (SSSR count). The predicted molar refractivity (Wildman–Crippen MR) is 65.2 cm³/mol. The summed E-state index contributed by atoms with van der Waals surface area (Å²) < 4.78 is 5.45. The van der Waals surface area contributed by atoms with Gasteiger partial charge in [-0.05, 0) is 32.6 Å². The summed E-state index contributed by atoms with van der Waals surface area (Å²) in [5, 5.41) is 11.9. The van der Waals surface area contributed by atoms with Crippen molar-refractivity contribution in [1.82, 2.24) is 4.98 Å². The molecule has 0 saturated heterocycles. The van der Waals surface area contributed by atoms with Gasteiger partial charge in [0.05, 0.1) is 5.69 Å². The maximum atomic E-state index is 11.1. The third kappa shape index (κ3) is 2.35. The van der Waals surface area contributed by atoms with Crippen LogP contribution in [0.15, 0.2) is 5.38 Å². The molecule has 1 saturated carbocycles. The highest BCUT2D eigenvalue weighted by Crippen LogP contribution is 2.44. The summed E-state index contributed by atoms with van der Waals surface area (Å²) >= 11 is 1.50. The van der Waals surface area contributed by atoms with E-state index in [-0.39, 0.29) is 6.10 Å². The molecule has 1 aromatic rings. The van der Waals surface area contributed by atoms with Crippen LogP contribution in [0.3, 0.4) is 0 Å². The van der Waals surface area contributed by atoms with Crippen LogP contribution in [0, 0.1) is 5.92 Å². The molecular formula is C12H17NO3S. The Morgan fingerprint density at radius 3 is 2.76 bits per heavy atom. The van der Waals surface area contributed by atoms with E-state index < -0.39 is 11.4 Å². The molecule has 1 unspecified atom stereocenters. The normalized spacial score (nSPS) is 18.1. The van der Waals surface area contributed by atoms with Crippen LogP contribution < -0.4 is 0 Å². The maximum absolute atomic E-state index is 11.1. The molecule has 94 valence electrons. The largest absolute Gasteiger partial charge is 0.481 e. The summed E-state index contributed by atoms with van der Waals surface area (Å²) in [6, 6.07) is 0. The molecule has 0 radical (unpaired) electrons. The average molecular weight is 255 g/mol. The number of rotatable bonds is 5. The fraction of sp³-hybridized carbons (Fsp3) is 0.667. The number of aromatic nitrogens is 1. The van der Waals surface area contributed by atoms with Crippen molar-refractivity contribution >= 4 is 17.3 Å². The van der Waals surface area contributed by atoms with Gasteiger partial charge in [-0.25, -0.2) is 4.98 Å². The summed E-state index contributed by atoms with van der Waals surface area (Å²) in [6.07, 6.45) is 2.39. The van der Waals surface area contributed by atoms with Gasteiger partial charge in [0.1, 0.15) is 16.5 Å². The minimum Gasteiger partial charge on any atom is -0.481 e. The van der Waals surface area contributed by atoms with E-state index in [1.807, 2.05) is 5.38 Å². The van der Waals surface area contributed by atoms with Gasteiger partial charge in [0.15, 0.2) is 0 Å². The van der Waals surface area contributed by atoms with E-state index in [2.05, 4.69) is 4.98 Å². The highest BCUT2D eigenvalue weighted by Gasteiger charge is 2.37. The molecule has 1 aliphatic carbocycles. The van der Waals surface area contributed by atoms with Crippen molar-refractivity contribution in [3.63, 3.8) is 0 Å². The summed E-state index contributed by atoms with van der Waals surface area (Å²) in [5.74, 6) is -0.290. The molecule has 1 N–H and O–H groups in total. The number of hydrogen-bond donors (Lipinski definition) is 1. The Hall–Kier alpha value is -0.940. The Balaban J connectivity index is 2.23. The van der Waals surface area contributed by atoms with Crippen LogP contribution in [-0.4, -0.2) is 23.2 Å². The molecule has 1 atom stereocenters. The first-order valence-electron chi connectivity index (χ1n) is 5.69. The number of thiazole rings is 1. The Bertz CT molecular complexity index is 423. The molecule has 1 aromatic heterocycles. The highest BCUT2D eigenvalue weighted by atomic mass is 32.1. The first-order chi connectivity index (χ1) is 7.96. The molecule has 17 heavy (non-hydrogen) atoms. The van der Waals surface area contributed by atoms with Crippen LogP contribution in [0.5, 0.6) is 0 Å². The number of carboxylic acid groups (broad SMARTS) is 1. The second-order valence-electron chi connectivity index (χ2n) is 4.99. The lowest BCUT2D eigenvalue weighted by Crippen LogP contribution is -2.29. The van der Waals surface area contributed by atoms with Crippen molar-refractivity contribution < 1.29 is 14.6 Å². The smallest absolute Gasteiger partial charge is 0.315 e. The van der Waals surface area contributed by atoms with Gasteiger partial charge < -0.3 is 9.84 Å². The molecule has 0 spiro atoms. The Kier molecular flexibility index (Phi) is 3.23. The lowest BCUT2D eigenvalue weighted by atomic mass is 9.90. The summed E-state index contributed by atoms with van der Waals surface area (Å²) in [5.41, 5.74) is -0.316. The van der Waals surface area contributed by atoms with Crippen molar-refractivity contribution in [2.45, 2.75) is 38.2 Å². The van der Waals surface area contributed by atoms with Gasteiger partial charge in [-0.3, -0.25) is 4.79 Å². The van der Waals surface area contributed by atoms with E-state index >= 15 is 0 Å². The van der Waals surface area contributed by atoms with E-state index in [1.54, 1.807) is 21.0 Å². The average Bonchev–Trinajstić information content (AvgIpc) is 2.96. The van der Waals surface area contributed by atoms with Crippen LogP contribution in [0.2, 0.25) is 0 Å². The van der Waals surface area contributed by atoms with E-state index in [4.69, 9.17) is 9.84 Å². The Labute approximate surface area is 105 Å². The standard InChI is InChI=1S/C12H17NO3S/c1-12(2,11(14)15)8-6-17-10(13-8)9(16-3)7-4-5-7/h6-7,9H,4-5H2,1-3H3,(H,14,15). The summed E-state index contributed by atoms with van der Waals surface area (Å²) in [4.78, 5) is 15.6. The zero-order valence-corrected chi connectivity index (χ0v) is 11.1. The lowest BCUT2D eigenvalue weighted by Gasteiger charge is -2.16. The third-order valence-electron chi connectivity index (χ3n) is 3.24. The molecular weight excluding hydrogens is 238 g/mol. The van der Waals surface area contributed by atoms with Crippen molar-refractivity contribution in [2.75, 3.05) is 7.11 Å². The fourth-order valence-electron chi connectivity index (χ4n) is 1.71. The van der Waals surface area contributed by atoms with Crippen molar-refractivity contribution in [1.29, 1.82) is 0 Å². The first-order valence-corrected chi connectivity index (χ1v) is 6.57. The van der Waals surface area contributed by atoms with Gasteiger partial charge in [0.25, 0.3) is 0 Å². The number of aliphatic carboxylic acids is 1. The molecule has 0 aromatic carbocycles. The second kappa shape index (κ2) is 4.38. The number of hydrogen-bond acceptors (Lipinski definition) is 4. The van der Waals surface area contributed by atoms with Gasteiger partial charge in [-0.15, -0.1) is 11.3 Å². The van der Waals surface area contributed by atoms with Gasteiger partial charge in [0.2, 0.25) is 0 Å². The highest BCUT2D eigenvalue weighted by molar-refractivity contribution is 7.09. The van der Waals surface area contributed by atoms with Gasteiger partial charge in [-0.2, -0.15) is 0 Å². The van der Waals surface area contributed by atoms with Crippen molar-refractivity contribution in [3.05, 3.63) is 16.1 Å². The number of carboxylic acids is 1. The number of ether oxygens (including phenoxy) is 1. The summed E-state index contributed by atoms with van der Waals surface area (Å²) in [7, 11) is 1.69. The van der Waals surface area contributed by atoms with Gasteiger partial charge >= 0.3 is 5.97 Å². The number of nitrogens with zero attached hydrogens (tertiary/aromatic N) is 1. The molecule has 5 heteroatoms. The zero-order valence-electron chi connectivity index (χ0n) is 10.3. The fourth-order valence-corrected chi connectivity index (χ4v) is 2.86. The minimum absolute atomic E-state index is 0.0401. The first kappa shape index (κ1) is 12.5. The second-order valence-corrected chi connectivity index (χ2v) is 5.88. The number of methoxy groups -OCH3 is 1. The topological polar surface area (TPSA) is 59.4 Å². The van der Waals surface area contributed by atoms with Gasteiger partial charge in [0, 0.05) is 12.5 Å². The van der Waals surface area contributed by atoms with Gasteiger partial charge in [-0.1, -0.05) is 0 Å². The molecule has 1 aliphatic rings. The molecule has 0 amide bonds. The molecule has 1 fully saturated rings. The molecule has 4 nitrogen and oxygen atoms in total.